The van der Waals surface area contributed by atoms with Crippen molar-refractivity contribution in [2.24, 2.45) is 0 Å². The summed E-state index contributed by atoms with van der Waals surface area (Å²) in [7, 11) is 0. The highest BCUT2D eigenvalue weighted by atomic mass is 32.2. The summed E-state index contributed by atoms with van der Waals surface area (Å²) in [5.74, 6) is 3.37. The first-order valence-corrected chi connectivity index (χ1v) is 9.39. The molecule has 0 radical (unpaired) electrons. The van der Waals surface area contributed by atoms with Gasteiger partial charge in [0.15, 0.2) is 0 Å². The van der Waals surface area contributed by atoms with Gasteiger partial charge >= 0.3 is 0 Å². The van der Waals surface area contributed by atoms with Crippen molar-refractivity contribution in [3.63, 3.8) is 0 Å². The predicted molar refractivity (Wildman–Crippen MR) is 108 cm³/mol. The molecule has 0 aliphatic heterocycles. The number of rotatable bonds is 8. The van der Waals surface area contributed by atoms with Gasteiger partial charge in [-0.2, -0.15) is 0 Å². The molecule has 1 amide bonds. The Hall–Kier alpha value is -2.44. The zero-order valence-electron chi connectivity index (χ0n) is 14.3. The fourth-order valence-corrected chi connectivity index (χ4v) is 3.10. The number of amides is 1. The van der Waals surface area contributed by atoms with E-state index in [9.17, 15) is 4.79 Å². The van der Waals surface area contributed by atoms with E-state index in [1.54, 1.807) is 0 Å². The molecule has 0 aliphatic rings. The van der Waals surface area contributed by atoms with Crippen LogP contribution in [0.2, 0.25) is 0 Å². The molecule has 3 heteroatoms. The van der Waals surface area contributed by atoms with E-state index in [1.807, 2.05) is 65.6 Å². The molecule has 0 spiro atoms. The van der Waals surface area contributed by atoms with Gasteiger partial charge in [0.25, 0.3) is 5.24 Å². The third-order valence-electron chi connectivity index (χ3n) is 3.60. The lowest BCUT2D eigenvalue weighted by atomic mass is 10.2. The van der Waals surface area contributed by atoms with E-state index >= 15 is 0 Å². The molecule has 0 atom stereocenters. The Morgan fingerprint density at radius 1 is 1.08 bits per heavy atom. The smallest absolute Gasteiger partial charge is 0.282 e. The van der Waals surface area contributed by atoms with E-state index in [0.29, 0.717) is 19.5 Å². The van der Waals surface area contributed by atoms with Gasteiger partial charge in [0.1, 0.15) is 0 Å². The van der Waals surface area contributed by atoms with Crippen LogP contribution in [-0.2, 0) is 6.54 Å². The minimum atomic E-state index is 0.0959. The molecule has 0 fully saturated rings. The lowest BCUT2D eigenvalue weighted by Crippen LogP contribution is -2.27. The van der Waals surface area contributed by atoms with Crippen molar-refractivity contribution in [1.82, 2.24) is 4.90 Å². The van der Waals surface area contributed by atoms with Crippen LogP contribution < -0.4 is 0 Å². The lowest BCUT2D eigenvalue weighted by Gasteiger charge is -2.20. The summed E-state index contributed by atoms with van der Waals surface area (Å²) in [6.45, 7) is 1.20. The fraction of sp³-hybridized carbons (Fsp3) is 0.227. The van der Waals surface area contributed by atoms with Crippen molar-refractivity contribution in [3.05, 3.63) is 77.9 Å². The molecule has 0 saturated heterocycles. The van der Waals surface area contributed by atoms with Gasteiger partial charge in [-0.1, -0.05) is 84.6 Å². The Morgan fingerprint density at radius 2 is 1.76 bits per heavy atom. The molecule has 0 N–H and O–H groups in total. The van der Waals surface area contributed by atoms with Crippen LogP contribution in [0.3, 0.4) is 0 Å². The molecule has 2 aromatic carbocycles. The van der Waals surface area contributed by atoms with Crippen molar-refractivity contribution in [3.8, 4) is 12.3 Å². The van der Waals surface area contributed by atoms with Crippen LogP contribution >= 0.6 is 11.8 Å². The Bertz CT molecular complexity index is 704. The Kier molecular flexibility index (Phi) is 8.44. The number of carbonyl (C=O) groups is 1. The molecular weight excluding hydrogens is 326 g/mol. The first-order chi connectivity index (χ1) is 12.3. The minimum Gasteiger partial charge on any atom is -0.326 e. The lowest BCUT2D eigenvalue weighted by molar-refractivity contribution is 0.226. The van der Waals surface area contributed by atoms with E-state index in [0.717, 1.165) is 23.3 Å². The maximum absolute atomic E-state index is 12.6. The van der Waals surface area contributed by atoms with Gasteiger partial charge in [0.05, 0.1) is 0 Å². The van der Waals surface area contributed by atoms with Gasteiger partial charge in [-0.05, 0) is 17.5 Å². The average Bonchev–Trinajstić information content (AvgIpc) is 2.66. The van der Waals surface area contributed by atoms with E-state index in [4.69, 9.17) is 6.42 Å². The van der Waals surface area contributed by atoms with Crippen LogP contribution in [0.15, 0.2) is 66.7 Å². The van der Waals surface area contributed by atoms with E-state index in [1.165, 1.54) is 11.8 Å². The standard InChI is InChI=1S/C22H23NOS/c1-2-3-10-18-25-22(24)23(19-21-14-8-5-9-15-21)17-11-16-20-12-6-4-7-13-20/h1,4-9,11-16H,3,10,17-19H2/b16-11+. The van der Waals surface area contributed by atoms with E-state index < -0.39 is 0 Å². The summed E-state index contributed by atoms with van der Waals surface area (Å²) >= 11 is 1.35. The second-order valence-electron chi connectivity index (χ2n) is 5.60. The fourth-order valence-electron chi connectivity index (χ4n) is 2.31. The van der Waals surface area contributed by atoms with Gasteiger partial charge < -0.3 is 4.90 Å². The number of carbonyl (C=O) groups excluding carboxylic acids is 1. The summed E-state index contributed by atoms with van der Waals surface area (Å²) < 4.78 is 0. The third-order valence-corrected chi connectivity index (χ3v) is 4.60. The van der Waals surface area contributed by atoms with Crippen molar-refractivity contribution in [1.29, 1.82) is 0 Å². The third kappa shape index (κ3) is 7.32. The summed E-state index contributed by atoms with van der Waals surface area (Å²) in [6.07, 6.45) is 10.9. The van der Waals surface area contributed by atoms with Gasteiger partial charge in [0.2, 0.25) is 0 Å². The van der Waals surface area contributed by atoms with Gasteiger partial charge in [-0.15, -0.1) is 12.3 Å². The molecular formula is C22H23NOS. The molecule has 2 rings (SSSR count). The predicted octanol–water partition coefficient (Wildman–Crippen LogP) is 5.47. The second kappa shape index (κ2) is 11.2. The molecule has 2 nitrogen and oxygen atoms in total. The Morgan fingerprint density at radius 3 is 2.44 bits per heavy atom. The van der Waals surface area contributed by atoms with Crippen molar-refractivity contribution < 1.29 is 4.79 Å². The second-order valence-corrected chi connectivity index (χ2v) is 6.65. The zero-order valence-corrected chi connectivity index (χ0v) is 15.1. The largest absolute Gasteiger partial charge is 0.326 e. The van der Waals surface area contributed by atoms with Crippen molar-refractivity contribution in [2.75, 3.05) is 12.3 Å². The van der Waals surface area contributed by atoms with Crippen molar-refractivity contribution in [2.45, 2.75) is 19.4 Å². The molecule has 25 heavy (non-hydrogen) atoms. The van der Waals surface area contributed by atoms with Crippen LogP contribution in [0, 0.1) is 12.3 Å². The van der Waals surface area contributed by atoms with Gasteiger partial charge in [-0.25, -0.2) is 0 Å². The summed E-state index contributed by atoms with van der Waals surface area (Å²) in [4.78, 5) is 14.4. The van der Waals surface area contributed by atoms with Crippen LogP contribution in [0.25, 0.3) is 6.08 Å². The number of benzene rings is 2. The average molecular weight is 349 g/mol. The van der Waals surface area contributed by atoms with Crippen molar-refractivity contribution >= 4 is 23.1 Å². The van der Waals surface area contributed by atoms with Gasteiger partial charge in [0, 0.05) is 25.3 Å². The highest BCUT2D eigenvalue weighted by Crippen LogP contribution is 2.15. The highest BCUT2D eigenvalue weighted by Gasteiger charge is 2.13. The Labute approximate surface area is 154 Å². The number of terminal acetylenes is 1. The monoisotopic (exact) mass is 349 g/mol. The van der Waals surface area contributed by atoms with Crippen LogP contribution in [0.1, 0.15) is 24.0 Å². The number of thioether (sulfide) groups is 1. The highest BCUT2D eigenvalue weighted by molar-refractivity contribution is 8.13. The number of hydrogen-bond donors (Lipinski definition) is 0. The summed E-state index contributed by atoms with van der Waals surface area (Å²) in [5, 5.41) is 0.0959. The summed E-state index contributed by atoms with van der Waals surface area (Å²) in [6, 6.07) is 20.2. The molecule has 0 aliphatic carbocycles. The number of nitrogens with zero attached hydrogens (tertiary/aromatic N) is 1. The SMILES string of the molecule is C#CCCCSC(=O)N(C/C=C/c1ccccc1)Cc1ccccc1. The summed E-state index contributed by atoms with van der Waals surface area (Å²) in [5.41, 5.74) is 2.27. The molecule has 0 heterocycles. The molecule has 0 saturated carbocycles. The number of hydrogen-bond acceptors (Lipinski definition) is 2. The van der Waals surface area contributed by atoms with Crippen LogP contribution in [0.5, 0.6) is 0 Å². The first-order valence-electron chi connectivity index (χ1n) is 8.40. The maximum Gasteiger partial charge on any atom is 0.282 e. The minimum absolute atomic E-state index is 0.0959. The first kappa shape index (κ1) is 18.9. The molecule has 0 aromatic heterocycles. The molecule has 0 unspecified atom stereocenters. The van der Waals surface area contributed by atoms with Gasteiger partial charge in [-0.3, -0.25) is 4.79 Å². The van der Waals surface area contributed by atoms with E-state index in [-0.39, 0.29) is 5.24 Å². The topological polar surface area (TPSA) is 20.3 Å². The quantitative estimate of drug-likeness (QED) is 0.465. The Balaban J connectivity index is 1.97. The van der Waals surface area contributed by atoms with Crippen LogP contribution in [-0.4, -0.2) is 22.4 Å². The molecule has 2 aromatic rings. The number of unbranched alkanes of at least 4 members (excludes halogenated alkanes) is 1. The molecule has 0 bridgehead atoms. The normalized spacial score (nSPS) is 10.5. The maximum atomic E-state index is 12.6. The van der Waals surface area contributed by atoms with E-state index in [2.05, 4.69) is 18.1 Å². The molecule has 128 valence electrons. The zero-order chi connectivity index (χ0) is 17.7. The van der Waals surface area contributed by atoms with Crippen LogP contribution in [0.4, 0.5) is 4.79 Å².